The summed E-state index contributed by atoms with van der Waals surface area (Å²) in [4.78, 5) is 0. The van der Waals surface area contributed by atoms with Crippen molar-refractivity contribution in [2.45, 2.75) is 39.5 Å². The number of hydrogen-bond donors (Lipinski definition) is 0. The normalized spacial score (nSPS) is 7.71. The summed E-state index contributed by atoms with van der Waals surface area (Å²) in [6.07, 6.45) is 5.54. The van der Waals surface area contributed by atoms with Crippen LogP contribution >= 0.6 is 0 Å². The van der Waals surface area contributed by atoms with Gasteiger partial charge in [0.15, 0.2) is 0 Å². The second-order valence-corrected chi connectivity index (χ2v) is 1.71. The largest absolute Gasteiger partial charge is 0.0654 e. The van der Waals surface area contributed by atoms with Crippen LogP contribution < -0.4 is 0 Å². The SMILES string of the molecule is CCCCCC.[Mg]. The zero-order valence-electron chi connectivity index (χ0n) is 5.54. The molecule has 7 heavy (non-hydrogen) atoms. The number of rotatable bonds is 3. The molecular weight excluding hydrogens is 96.4 g/mol. The van der Waals surface area contributed by atoms with E-state index < -0.39 is 0 Å². The third-order valence-electron chi connectivity index (χ3n) is 0.957. The fourth-order valence-corrected chi connectivity index (χ4v) is 0.500. The highest BCUT2D eigenvalue weighted by Gasteiger charge is 1.75. The van der Waals surface area contributed by atoms with Crippen LogP contribution in [0.5, 0.6) is 0 Å². The van der Waals surface area contributed by atoms with Gasteiger partial charge in [0.1, 0.15) is 0 Å². The summed E-state index contributed by atoms with van der Waals surface area (Å²) >= 11 is 0. The summed E-state index contributed by atoms with van der Waals surface area (Å²) in [6, 6.07) is 0. The summed E-state index contributed by atoms with van der Waals surface area (Å²) in [6.45, 7) is 4.46. The predicted molar refractivity (Wildman–Crippen MR) is 35.6 cm³/mol. The molecule has 1 heteroatoms. The molecule has 0 aromatic heterocycles. The van der Waals surface area contributed by atoms with Crippen molar-refractivity contribution in [3.8, 4) is 0 Å². The molecule has 0 unspecified atom stereocenters. The molecule has 40 valence electrons. The van der Waals surface area contributed by atoms with Gasteiger partial charge >= 0.3 is 0 Å². The van der Waals surface area contributed by atoms with Gasteiger partial charge in [-0.1, -0.05) is 39.5 Å². The summed E-state index contributed by atoms with van der Waals surface area (Å²) in [7, 11) is 0. The minimum Gasteiger partial charge on any atom is -0.0654 e. The average molecular weight is 110 g/mol. The highest BCUT2D eigenvalue weighted by Crippen LogP contribution is 1.95. The molecular formula is C6H14Mg. The lowest BCUT2D eigenvalue weighted by Gasteiger charge is -1.86. The lowest BCUT2D eigenvalue weighted by molar-refractivity contribution is 0.702. The van der Waals surface area contributed by atoms with E-state index in [0.717, 1.165) is 0 Å². The predicted octanol–water partition coefficient (Wildman–Crippen LogP) is 2.21. The minimum absolute atomic E-state index is 0. The molecule has 0 aliphatic carbocycles. The summed E-state index contributed by atoms with van der Waals surface area (Å²) in [5.41, 5.74) is 0. The van der Waals surface area contributed by atoms with Crippen LogP contribution in [0.15, 0.2) is 0 Å². The van der Waals surface area contributed by atoms with E-state index in [0.29, 0.717) is 0 Å². The van der Waals surface area contributed by atoms with Gasteiger partial charge in [0.05, 0.1) is 0 Å². The molecule has 0 saturated carbocycles. The molecule has 0 heterocycles. The molecule has 0 aromatic carbocycles. The van der Waals surface area contributed by atoms with Crippen molar-refractivity contribution in [2.24, 2.45) is 0 Å². The van der Waals surface area contributed by atoms with E-state index in [2.05, 4.69) is 13.8 Å². The smallest absolute Gasteiger partial charge is 0 e. The maximum Gasteiger partial charge on any atom is 0 e. The standard InChI is InChI=1S/C6H14.Mg/c1-3-5-6-4-2;/h3-6H2,1-2H3;. The van der Waals surface area contributed by atoms with Crippen molar-refractivity contribution < 1.29 is 0 Å². The van der Waals surface area contributed by atoms with E-state index in [1.807, 2.05) is 0 Å². The molecule has 0 atom stereocenters. The number of hydrogen-bond acceptors (Lipinski definition) is 0. The van der Waals surface area contributed by atoms with Crippen LogP contribution in [0, 0.1) is 0 Å². The van der Waals surface area contributed by atoms with Crippen LogP contribution in [0.4, 0.5) is 0 Å². The van der Waals surface area contributed by atoms with Gasteiger partial charge in [-0.15, -0.1) is 0 Å². The fourth-order valence-electron chi connectivity index (χ4n) is 0.500. The van der Waals surface area contributed by atoms with Gasteiger partial charge in [-0.2, -0.15) is 0 Å². The first-order valence-electron chi connectivity index (χ1n) is 2.91. The number of unbranched alkanes of at least 4 members (excludes halogenated alkanes) is 3. The Morgan fingerprint density at radius 2 is 1.14 bits per heavy atom. The van der Waals surface area contributed by atoms with E-state index in [1.54, 1.807) is 0 Å². The first-order chi connectivity index (χ1) is 2.91. The Kier molecular flexibility index (Phi) is 15.1. The van der Waals surface area contributed by atoms with Crippen LogP contribution in [0.3, 0.4) is 0 Å². The van der Waals surface area contributed by atoms with Gasteiger partial charge in [-0.3, -0.25) is 0 Å². The van der Waals surface area contributed by atoms with E-state index in [4.69, 9.17) is 0 Å². The Labute approximate surface area is 62.8 Å². The highest BCUT2D eigenvalue weighted by atomic mass is 24.3. The van der Waals surface area contributed by atoms with Gasteiger partial charge in [0.25, 0.3) is 0 Å². The van der Waals surface area contributed by atoms with Crippen LogP contribution in [-0.2, 0) is 0 Å². The van der Waals surface area contributed by atoms with Crippen molar-refractivity contribution >= 4 is 23.1 Å². The quantitative estimate of drug-likeness (QED) is 0.386. The van der Waals surface area contributed by atoms with Gasteiger partial charge < -0.3 is 0 Å². The Balaban J connectivity index is 0. The van der Waals surface area contributed by atoms with Crippen molar-refractivity contribution in [3.05, 3.63) is 0 Å². The van der Waals surface area contributed by atoms with Gasteiger partial charge in [0.2, 0.25) is 0 Å². The molecule has 0 nitrogen and oxygen atoms in total. The zero-order chi connectivity index (χ0) is 4.83. The van der Waals surface area contributed by atoms with Crippen LogP contribution in [0.1, 0.15) is 39.5 Å². The topological polar surface area (TPSA) is 0 Å². The van der Waals surface area contributed by atoms with E-state index in [-0.39, 0.29) is 23.1 Å². The minimum atomic E-state index is 0. The fraction of sp³-hybridized carbons (Fsp3) is 1.00. The summed E-state index contributed by atoms with van der Waals surface area (Å²) in [5.74, 6) is 0. The lowest BCUT2D eigenvalue weighted by atomic mass is 10.2. The molecule has 2 radical (unpaired) electrons. The van der Waals surface area contributed by atoms with Crippen molar-refractivity contribution in [3.63, 3.8) is 0 Å². The Morgan fingerprint density at radius 1 is 0.857 bits per heavy atom. The molecule has 0 spiro atoms. The third-order valence-corrected chi connectivity index (χ3v) is 0.957. The summed E-state index contributed by atoms with van der Waals surface area (Å²) in [5, 5.41) is 0. The van der Waals surface area contributed by atoms with Crippen molar-refractivity contribution in [2.75, 3.05) is 0 Å². The second-order valence-electron chi connectivity index (χ2n) is 1.71. The van der Waals surface area contributed by atoms with E-state index >= 15 is 0 Å². The second kappa shape index (κ2) is 9.90. The van der Waals surface area contributed by atoms with Crippen molar-refractivity contribution in [1.29, 1.82) is 0 Å². The zero-order valence-corrected chi connectivity index (χ0v) is 6.95. The van der Waals surface area contributed by atoms with Crippen LogP contribution in [0.25, 0.3) is 0 Å². The molecule has 0 aromatic rings. The molecule has 0 rings (SSSR count). The molecule has 0 bridgehead atoms. The first-order valence-corrected chi connectivity index (χ1v) is 2.91. The van der Waals surface area contributed by atoms with Crippen LogP contribution in [-0.4, -0.2) is 23.1 Å². The Morgan fingerprint density at radius 3 is 1.29 bits per heavy atom. The maximum atomic E-state index is 2.23. The molecule has 0 saturated heterocycles. The molecule has 0 aliphatic rings. The van der Waals surface area contributed by atoms with Gasteiger partial charge in [0, 0.05) is 23.1 Å². The lowest BCUT2D eigenvalue weighted by Crippen LogP contribution is -1.66. The van der Waals surface area contributed by atoms with Crippen molar-refractivity contribution in [1.82, 2.24) is 0 Å². The van der Waals surface area contributed by atoms with E-state index in [9.17, 15) is 0 Å². The molecule has 0 amide bonds. The highest BCUT2D eigenvalue weighted by molar-refractivity contribution is 5.75. The average Bonchev–Trinajstić information content (AvgIpc) is 1.61. The monoisotopic (exact) mass is 110 g/mol. The molecule has 0 N–H and O–H groups in total. The van der Waals surface area contributed by atoms with Gasteiger partial charge in [-0.05, 0) is 0 Å². The Bertz CT molecular complexity index is 16.1. The third kappa shape index (κ3) is 10.8. The molecule has 0 aliphatic heterocycles. The van der Waals surface area contributed by atoms with E-state index in [1.165, 1.54) is 25.7 Å². The summed E-state index contributed by atoms with van der Waals surface area (Å²) < 4.78 is 0. The first kappa shape index (κ1) is 10.7. The van der Waals surface area contributed by atoms with Crippen LogP contribution in [0.2, 0.25) is 0 Å². The molecule has 0 fully saturated rings. The Hall–Kier alpha value is 0.766. The van der Waals surface area contributed by atoms with Gasteiger partial charge in [-0.25, -0.2) is 0 Å². The maximum absolute atomic E-state index is 2.23.